The van der Waals surface area contributed by atoms with Gasteiger partial charge in [-0.1, -0.05) is 0 Å². The lowest BCUT2D eigenvalue weighted by molar-refractivity contribution is -0.385. The number of carboxylic acid groups (broad SMARTS) is 1. The predicted octanol–water partition coefficient (Wildman–Crippen LogP) is 3.34. The average molecular weight is 419 g/mol. The number of benzene rings is 2. The first-order chi connectivity index (χ1) is 13.9. The predicted molar refractivity (Wildman–Crippen MR) is 102 cm³/mol. The minimum atomic E-state index is -3.00. The molecule has 10 nitrogen and oxygen atoms in total. The van der Waals surface area contributed by atoms with Gasteiger partial charge in [0.1, 0.15) is 5.75 Å². The molecule has 11 heteroatoms. The number of hydrogen-bond donors (Lipinski definition) is 1. The number of nitro benzene ring substituents is 1. The number of carboxylic acids is 1. The Hall–Kier alpha value is -2.78. The second-order valence-corrected chi connectivity index (χ2v) is 9.03. The molecule has 2 aromatic rings. The van der Waals surface area contributed by atoms with Crippen LogP contribution >= 0.6 is 7.67 Å². The van der Waals surface area contributed by atoms with E-state index in [4.69, 9.17) is 14.4 Å². The van der Waals surface area contributed by atoms with Crippen molar-refractivity contribution in [2.24, 2.45) is 0 Å². The van der Waals surface area contributed by atoms with Gasteiger partial charge in [-0.3, -0.25) is 14.7 Å². The Morgan fingerprint density at radius 1 is 1.10 bits per heavy atom. The second kappa shape index (κ2) is 7.57. The minimum Gasteiger partial charge on any atom is -0.478 e. The Kier molecular flexibility index (Phi) is 5.10. The van der Waals surface area contributed by atoms with E-state index in [2.05, 4.69) is 0 Å². The molecule has 2 aliphatic heterocycles. The van der Waals surface area contributed by atoms with Gasteiger partial charge in [0.15, 0.2) is 0 Å². The van der Waals surface area contributed by atoms with Crippen LogP contribution in [0.25, 0.3) is 0 Å². The fourth-order valence-corrected chi connectivity index (χ4v) is 4.96. The Labute approximate surface area is 166 Å². The van der Waals surface area contributed by atoms with Crippen molar-refractivity contribution in [3.63, 3.8) is 0 Å². The summed E-state index contributed by atoms with van der Waals surface area (Å²) >= 11 is 0. The number of carbonyl (C=O) groups is 1. The van der Waals surface area contributed by atoms with E-state index < -0.39 is 18.6 Å². The van der Waals surface area contributed by atoms with E-state index in [-0.39, 0.29) is 29.4 Å². The molecular weight excluding hydrogens is 401 g/mol. The van der Waals surface area contributed by atoms with Crippen molar-refractivity contribution < 1.29 is 28.7 Å². The molecule has 0 atom stereocenters. The van der Waals surface area contributed by atoms with Gasteiger partial charge in [-0.15, -0.1) is 0 Å². The molecule has 2 aliphatic rings. The summed E-state index contributed by atoms with van der Waals surface area (Å²) in [5, 5.41) is 20.3. The number of nitro groups is 1. The summed E-state index contributed by atoms with van der Waals surface area (Å²) in [6.45, 7) is 2.95. The van der Waals surface area contributed by atoms with Crippen molar-refractivity contribution in [1.82, 2.24) is 9.34 Å². The molecule has 2 aromatic carbocycles. The Balaban J connectivity index is 1.53. The zero-order valence-corrected chi connectivity index (χ0v) is 16.2. The highest BCUT2D eigenvalue weighted by Gasteiger charge is 2.49. The maximum absolute atomic E-state index is 13.0. The van der Waals surface area contributed by atoms with Gasteiger partial charge in [-0.05, 0) is 42.0 Å². The highest BCUT2D eigenvalue weighted by atomic mass is 31.2. The van der Waals surface area contributed by atoms with E-state index in [0.29, 0.717) is 5.56 Å². The zero-order chi connectivity index (χ0) is 20.6. The smallest absolute Gasteiger partial charge is 0.346 e. The van der Waals surface area contributed by atoms with Crippen molar-refractivity contribution >= 4 is 19.3 Å². The normalized spacial score (nSPS) is 16.4. The van der Waals surface area contributed by atoms with Gasteiger partial charge in [0, 0.05) is 32.2 Å². The van der Waals surface area contributed by atoms with Crippen LogP contribution < -0.4 is 4.74 Å². The molecule has 0 unspecified atom stereocenters. The number of nitrogens with zero attached hydrogens (tertiary/aromatic N) is 3. The van der Waals surface area contributed by atoms with Crippen molar-refractivity contribution in [3.8, 4) is 11.5 Å². The van der Waals surface area contributed by atoms with E-state index in [1.54, 1.807) is 9.34 Å². The van der Waals surface area contributed by atoms with Gasteiger partial charge in [-0.2, -0.15) is 0 Å². The summed E-state index contributed by atoms with van der Waals surface area (Å²) < 4.78 is 27.9. The lowest BCUT2D eigenvalue weighted by Crippen LogP contribution is -2.08. The molecule has 0 aromatic heterocycles. The molecule has 2 heterocycles. The van der Waals surface area contributed by atoms with Crippen LogP contribution in [-0.4, -0.2) is 51.5 Å². The van der Waals surface area contributed by atoms with Gasteiger partial charge in [0.25, 0.3) is 0 Å². The van der Waals surface area contributed by atoms with Crippen molar-refractivity contribution in [1.29, 1.82) is 0 Å². The summed E-state index contributed by atoms with van der Waals surface area (Å²) in [5.41, 5.74) is 0.419. The molecule has 152 valence electrons. The first kappa shape index (κ1) is 19.5. The monoisotopic (exact) mass is 419 g/mol. The highest BCUT2D eigenvalue weighted by molar-refractivity contribution is 7.54. The molecule has 0 bridgehead atoms. The zero-order valence-electron chi connectivity index (χ0n) is 15.3. The molecule has 0 amide bonds. The van der Waals surface area contributed by atoms with E-state index in [1.165, 1.54) is 42.5 Å². The molecular formula is C18H18N3O7P. The van der Waals surface area contributed by atoms with E-state index in [9.17, 15) is 19.5 Å². The molecule has 1 N–H and O–H groups in total. The summed E-state index contributed by atoms with van der Waals surface area (Å²) in [6.07, 6.45) is 0. The minimum absolute atomic E-state index is 0.00698. The highest BCUT2D eigenvalue weighted by Crippen LogP contribution is 2.61. The Bertz CT molecular complexity index is 987. The molecule has 2 fully saturated rings. The lowest BCUT2D eigenvalue weighted by atomic mass is 10.2. The van der Waals surface area contributed by atoms with E-state index >= 15 is 0 Å². The van der Waals surface area contributed by atoms with Crippen LogP contribution in [0.4, 0.5) is 5.69 Å². The van der Waals surface area contributed by atoms with Gasteiger partial charge in [0.05, 0.1) is 17.1 Å². The summed E-state index contributed by atoms with van der Waals surface area (Å²) in [7, 11) is -3.00. The summed E-state index contributed by atoms with van der Waals surface area (Å²) in [5.74, 6) is -0.827. The summed E-state index contributed by atoms with van der Waals surface area (Å²) in [4.78, 5) is 21.7. The first-order valence-electron chi connectivity index (χ1n) is 8.91. The number of aromatic carboxylic acids is 1. The van der Waals surface area contributed by atoms with Crippen molar-refractivity contribution in [3.05, 3.63) is 63.7 Å². The Morgan fingerprint density at radius 3 is 2.24 bits per heavy atom. The SMILES string of the molecule is O=C(O)c1ccc(Oc2cc(COP(=O)(N3CC3)N3CC3)ccc2[N+](=O)[O-])cc1. The molecule has 0 radical (unpaired) electrons. The van der Waals surface area contributed by atoms with Gasteiger partial charge >= 0.3 is 19.3 Å². The largest absolute Gasteiger partial charge is 0.478 e. The van der Waals surface area contributed by atoms with Gasteiger partial charge in [0.2, 0.25) is 5.75 Å². The fraction of sp³-hybridized carbons (Fsp3) is 0.278. The molecule has 0 spiro atoms. The number of hydrogen-bond acceptors (Lipinski definition) is 6. The third-order valence-corrected chi connectivity index (χ3v) is 7.21. The number of ether oxygens (including phenoxy) is 1. The van der Waals surface area contributed by atoms with Gasteiger partial charge in [-0.25, -0.2) is 14.1 Å². The molecule has 2 saturated heterocycles. The standard InChI is InChI=1S/C18H18N3O7P/c22-18(23)14-2-4-15(5-3-14)28-17-11-13(1-6-16(17)21(24)25)12-27-29(26,19-7-8-19)20-9-10-20/h1-6,11H,7-10,12H2,(H,22,23). The van der Waals surface area contributed by atoms with Crippen molar-refractivity contribution in [2.45, 2.75) is 6.61 Å². The van der Waals surface area contributed by atoms with E-state index in [1.807, 2.05) is 0 Å². The van der Waals surface area contributed by atoms with Crippen LogP contribution in [0.1, 0.15) is 15.9 Å². The van der Waals surface area contributed by atoms with E-state index in [0.717, 1.165) is 26.2 Å². The van der Waals surface area contributed by atoms with Crippen LogP contribution in [0.3, 0.4) is 0 Å². The van der Waals surface area contributed by atoms with Crippen LogP contribution in [0.2, 0.25) is 0 Å². The maximum Gasteiger partial charge on any atom is 0.346 e. The third kappa shape index (κ3) is 4.30. The van der Waals surface area contributed by atoms with Crippen LogP contribution in [0, 0.1) is 10.1 Å². The average Bonchev–Trinajstić information content (AvgIpc) is 3.57. The molecule has 0 aliphatic carbocycles. The molecule has 29 heavy (non-hydrogen) atoms. The van der Waals surface area contributed by atoms with Gasteiger partial charge < -0.3 is 14.4 Å². The summed E-state index contributed by atoms with van der Waals surface area (Å²) in [6, 6.07) is 9.85. The molecule has 4 rings (SSSR count). The Morgan fingerprint density at radius 2 is 1.72 bits per heavy atom. The third-order valence-electron chi connectivity index (χ3n) is 4.51. The topological polar surface area (TPSA) is 122 Å². The quantitative estimate of drug-likeness (QED) is 0.282. The van der Waals surface area contributed by atoms with Crippen LogP contribution in [0.15, 0.2) is 42.5 Å². The first-order valence-corrected chi connectivity index (χ1v) is 10.4. The second-order valence-electron chi connectivity index (χ2n) is 6.66. The fourth-order valence-electron chi connectivity index (χ4n) is 2.77. The van der Waals surface area contributed by atoms with Crippen LogP contribution in [0.5, 0.6) is 11.5 Å². The lowest BCUT2D eigenvalue weighted by Gasteiger charge is -2.19. The van der Waals surface area contributed by atoms with Crippen molar-refractivity contribution in [2.75, 3.05) is 26.2 Å². The molecule has 0 saturated carbocycles. The maximum atomic E-state index is 13.0. The number of rotatable bonds is 9. The van der Waals surface area contributed by atoms with Crippen LogP contribution in [-0.2, 0) is 15.7 Å².